The number of hydrogen-bond donors (Lipinski definition) is 0. The molecule has 1 saturated heterocycles. The van der Waals surface area contributed by atoms with Gasteiger partial charge in [-0.2, -0.15) is 4.52 Å². The smallest absolute Gasteiger partial charge is 0.258 e. The van der Waals surface area contributed by atoms with Crippen LogP contribution in [0, 0.1) is 0 Å². The minimum absolute atomic E-state index is 0.0214. The van der Waals surface area contributed by atoms with Crippen LogP contribution in [0.3, 0.4) is 0 Å². The van der Waals surface area contributed by atoms with Crippen molar-refractivity contribution >= 4 is 28.1 Å². The molecule has 0 spiro atoms. The lowest BCUT2D eigenvalue weighted by Crippen LogP contribution is -2.49. The summed E-state index contributed by atoms with van der Waals surface area (Å²) in [7, 11) is 0. The number of aromatic nitrogens is 4. The van der Waals surface area contributed by atoms with Gasteiger partial charge in [-0.15, -0.1) is 15.3 Å². The Balaban J connectivity index is 1.23. The maximum atomic E-state index is 13.6. The number of fused-ring (bicyclic) bond motifs is 2. The summed E-state index contributed by atoms with van der Waals surface area (Å²) in [5.41, 5.74) is 1.44. The van der Waals surface area contributed by atoms with Crippen LogP contribution in [-0.2, 0) is 0 Å². The van der Waals surface area contributed by atoms with Crippen LogP contribution in [0.5, 0.6) is 5.75 Å². The van der Waals surface area contributed by atoms with E-state index in [9.17, 15) is 4.79 Å². The molecule has 8 heteroatoms. The van der Waals surface area contributed by atoms with E-state index in [0.29, 0.717) is 36.9 Å². The molecule has 2 aromatic carbocycles. The van der Waals surface area contributed by atoms with Gasteiger partial charge in [0.2, 0.25) is 0 Å². The van der Waals surface area contributed by atoms with Crippen LogP contribution in [0.25, 0.3) is 16.4 Å². The number of hydrogen-bond acceptors (Lipinski definition) is 6. The van der Waals surface area contributed by atoms with Gasteiger partial charge in [0.15, 0.2) is 11.5 Å². The van der Waals surface area contributed by atoms with Gasteiger partial charge in [-0.1, -0.05) is 30.3 Å². The van der Waals surface area contributed by atoms with Crippen LogP contribution in [0.15, 0.2) is 48.5 Å². The third kappa shape index (κ3) is 3.55. The SMILES string of the molecule is CCOc1ccc2ccccc2c1C(=O)N1CCN(c2ccc3nnc(C4CC4)n3n2)CC1. The number of ether oxygens (including phenoxy) is 1. The lowest BCUT2D eigenvalue weighted by Gasteiger charge is -2.35. The first-order valence-corrected chi connectivity index (χ1v) is 11.6. The zero-order chi connectivity index (χ0) is 22.4. The van der Waals surface area contributed by atoms with E-state index in [1.807, 2.05) is 64.9 Å². The van der Waals surface area contributed by atoms with Gasteiger partial charge in [0.05, 0.1) is 12.2 Å². The zero-order valence-electron chi connectivity index (χ0n) is 18.6. The largest absolute Gasteiger partial charge is 0.493 e. The van der Waals surface area contributed by atoms with E-state index in [1.165, 1.54) is 0 Å². The Morgan fingerprint density at radius 1 is 1.00 bits per heavy atom. The number of anilines is 1. The summed E-state index contributed by atoms with van der Waals surface area (Å²) < 4.78 is 7.72. The van der Waals surface area contributed by atoms with Gasteiger partial charge >= 0.3 is 0 Å². The summed E-state index contributed by atoms with van der Waals surface area (Å²) in [5, 5.41) is 15.4. The van der Waals surface area contributed by atoms with Crippen molar-refractivity contribution in [2.45, 2.75) is 25.7 Å². The summed E-state index contributed by atoms with van der Waals surface area (Å²) in [6.45, 7) is 5.17. The molecule has 0 bridgehead atoms. The Hall–Kier alpha value is -3.68. The Morgan fingerprint density at radius 2 is 1.82 bits per heavy atom. The summed E-state index contributed by atoms with van der Waals surface area (Å²) in [5.74, 6) is 3.01. The zero-order valence-corrected chi connectivity index (χ0v) is 18.6. The Kier molecular flexibility index (Phi) is 4.86. The van der Waals surface area contributed by atoms with Crippen LogP contribution in [-0.4, -0.2) is 63.4 Å². The molecule has 168 valence electrons. The minimum atomic E-state index is 0.0214. The molecule has 2 aliphatic rings. The molecular formula is C25H26N6O2. The van der Waals surface area contributed by atoms with E-state index < -0.39 is 0 Å². The highest BCUT2D eigenvalue weighted by Gasteiger charge is 2.30. The van der Waals surface area contributed by atoms with E-state index in [-0.39, 0.29) is 5.91 Å². The van der Waals surface area contributed by atoms with E-state index in [4.69, 9.17) is 9.84 Å². The first-order valence-electron chi connectivity index (χ1n) is 11.6. The maximum Gasteiger partial charge on any atom is 0.258 e. The van der Waals surface area contributed by atoms with Gasteiger partial charge < -0.3 is 14.5 Å². The quantitative estimate of drug-likeness (QED) is 0.471. The van der Waals surface area contributed by atoms with Crippen molar-refractivity contribution in [3.05, 3.63) is 59.9 Å². The second kappa shape index (κ2) is 8.03. The Labute approximate surface area is 191 Å². The Morgan fingerprint density at radius 3 is 2.61 bits per heavy atom. The molecule has 2 fully saturated rings. The van der Waals surface area contributed by atoms with Crippen molar-refractivity contribution in [3.8, 4) is 5.75 Å². The molecular weight excluding hydrogens is 416 g/mol. The molecule has 4 aromatic rings. The third-order valence-corrected chi connectivity index (χ3v) is 6.51. The van der Waals surface area contributed by atoms with E-state index in [2.05, 4.69) is 15.1 Å². The van der Waals surface area contributed by atoms with E-state index in [0.717, 1.165) is 54.0 Å². The fourth-order valence-corrected chi connectivity index (χ4v) is 4.61. The molecule has 6 rings (SSSR count). The number of carbonyl (C=O) groups excluding carboxylic acids is 1. The molecule has 33 heavy (non-hydrogen) atoms. The van der Waals surface area contributed by atoms with Gasteiger partial charge in [-0.25, -0.2) is 0 Å². The van der Waals surface area contributed by atoms with Crippen molar-refractivity contribution in [2.75, 3.05) is 37.7 Å². The number of rotatable bonds is 5. The summed E-state index contributed by atoms with van der Waals surface area (Å²) in [6.07, 6.45) is 2.32. The van der Waals surface area contributed by atoms with Gasteiger partial charge in [-0.3, -0.25) is 4.79 Å². The van der Waals surface area contributed by atoms with Crippen molar-refractivity contribution in [3.63, 3.8) is 0 Å². The van der Waals surface area contributed by atoms with Crippen LogP contribution in [0.2, 0.25) is 0 Å². The summed E-state index contributed by atoms with van der Waals surface area (Å²) >= 11 is 0. The molecule has 2 aromatic heterocycles. The standard InChI is InChI=1S/C25H26N6O2/c1-2-33-20-10-9-17-5-3-4-6-19(17)23(20)25(32)30-15-13-29(14-16-30)22-12-11-21-26-27-24(18-7-8-18)31(21)28-22/h3-6,9-12,18H,2,7-8,13-16H2,1H3. The van der Waals surface area contributed by atoms with Crippen LogP contribution < -0.4 is 9.64 Å². The van der Waals surface area contributed by atoms with Crippen LogP contribution in [0.1, 0.15) is 41.9 Å². The number of piperazine rings is 1. The second-order valence-corrected chi connectivity index (χ2v) is 8.67. The van der Waals surface area contributed by atoms with Crippen LogP contribution >= 0.6 is 0 Å². The van der Waals surface area contributed by atoms with E-state index in [1.54, 1.807) is 0 Å². The molecule has 0 radical (unpaired) electrons. The lowest BCUT2D eigenvalue weighted by molar-refractivity contribution is 0.0744. The summed E-state index contributed by atoms with van der Waals surface area (Å²) in [6, 6.07) is 15.9. The normalized spacial score (nSPS) is 16.5. The molecule has 1 aliphatic carbocycles. The highest BCUT2D eigenvalue weighted by atomic mass is 16.5. The molecule has 0 unspecified atom stereocenters. The van der Waals surface area contributed by atoms with E-state index >= 15 is 0 Å². The first-order chi connectivity index (χ1) is 16.2. The monoisotopic (exact) mass is 442 g/mol. The molecule has 1 amide bonds. The minimum Gasteiger partial charge on any atom is -0.493 e. The second-order valence-electron chi connectivity index (χ2n) is 8.67. The highest BCUT2D eigenvalue weighted by molar-refractivity contribution is 6.09. The fraction of sp³-hybridized carbons (Fsp3) is 0.360. The first kappa shape index (κ1) is 20.0. The van der Waals surface area contributed by atoms with Gasteiger partial charge in [0, 0.05) is 32.1 Å². The van der Waals surface area contributed by atoms with Gasteiger partial charge in [-0.05, 0) is 48.7 Å². The molecule has 0 atom stereocenters. The maximum absolute atomic E-state index is 13.6. The summed E-state index contributed by atoms with van der Waals surface area (Å²) in [4.78, 5) is 17.8. The predicted molar refractivity (Wildman–Crippen MR) is 126 cm³/mol. The van der Waals surface area contributed by atoms with Crippen molar-refractivity contribution in [2.24, 2.45) is 0 Å². The Bertz CT molecular complexity index is 1340. The number of amides is 1. The molecule has 1 aliphatic heterocycles. The number of carbonyl (C=O) groups is 1. The topological polar surface area (TPSA) is 75.9 Å². The average Bonchev–Trinajstić information content (AvgIpc) is 3.62. The van der Waals surface area contributed by atoms with Crippen molar-refractivity contribution in [1.29, 1.82) is 0 Å². The number of nitrogens with zero attached hydrogens (tertiary/aromatic N) is 6. The number of benzene rings is 2. The van der Waals surface area contributed by atoms with Gasteiger partial charge in [0.25, 0.3) is 5.91 Å². The van der Waals surface area contributed by atoms with Crippen molar-refractivity contribution < 1.29 is 9.53 Å². The lowest BCUT2D eigenvalue weighted by atomic mass is 10.0. The molecule has 8 nitrogen and oxygen atoms in total. The average molecular weight is 443 g/mol. The van der Waals surface area contributed by atoms with Crippen molar-refractivity contribution in [1.82, 2.24) is 24.7 Å². The fourth-order valence-electron chi connectivity index (χ4n) is 4.61. The van der Waals surface area contributed by atoms with Gasteiger partial charge in [0.1, 0.15) is 11.6 Å². The third-order valence-electron chi connectivity index (χ3n) is 6.51. The molecule has 1 saturated carbocycles. The molecule has 3 heterocycles. The van der Waals surface area contributed by atoms with Crippen LogP contribution in [0.4, 0.5) is 5.82 Å². The highest BCUT2D eigenvalue weighted by Crippen LogP contribution is 2.38. The molecule has 0 N–H and O–H groups in total. The predicted octanol–water partition coefficient (Wildman–Crippen LogP) is 3.52.